The predicted molar refractivity (Wildman–Crippen MR) is 68.9 cm³/mol. The van der Waals surface area contributed by atoms with Gasteiger partial charge < -0.3 is 15.3 Å². The van der Waals surface area contributed by atoms with Crippen molar-refractivity contribution in [3.8, 4) is 0 Å². The number of fused-ring (bicyclic) bond motifs is 1. The highest BCUT2D eigenvalue weighted by Crippen LogP contribution is 2.71. The first-order chi connectivity index (χ1) is 8.29. The summed E-state index contributed by atoms with van der Waals surface area (Å²) in [6, 6.07) is 0. The summed E-state index contributed by atoms with van der Waals surface area (Å²) in [4.78, 5) is 0. The van der Waals surface area contributed by atoms with Crippen LogP contribution in [0.15, 0.2) is 0 Å². The molecule has 0 aromatic heterocycles. The maximum Gasteiger partial charge on any atom is 0.101 e. The first-order valence-corrected chi connectivity index (χ1v) is 7.30. The largest absolute Gasteiger partial charge is 0.396 e. The Balaban J connectivity index is 2.13. The van der Waals surface area contributed by atoms with Crippen molar-refractivity contribution < 1.29 is 15.3 Å². The van der Waals surface area contributed by atoms with Gasteiger partial charge in [0.05, 0.1) is 6.10 Å². The van der Waals surface area contributed by atoms with Gasteiger partial charge in [-0.3, -0.25) is 0 Å². The molecule has 4 aliphatic rings. The van der Waals surface area contributed by atoms with Gasteiger partial charge in [0.1, 0.15) is 5.60 Å². The molecule has 4 rings (SSSR count). The molecule has 0 amide bonds. The lowest BCUT2D eigenvalue weighted by Gasteiger charge is -2.72. The summed E-state index contributed by atoms with van der Waals surface area (Å²) in [5.41, 5.74) is -1.45. The van der Waals surface area contributed by atoms with E-state index in [1.54, 1.807) is 0 Å². The van der Waals surface area contributed by atoms with Crippen LogP contribution in [0.4, 0.5) is 0 Å². The van der Waals surface area contributed by atoms with Crippen molar-refractivity contribution in [2.75, 3.05) is 6.61 Å². The van der Waals surface area contributed by atoms with Gasteiger partial charge in [-0.1, -0.05) is 20.8 Å². The first kappa shape index (κ1) is 12.9. The molecule has 0 aliphatic heterocycles. The maximum atomic E-state index is 11.3. The molecule has 18 heavy (non-hydrogen) atoms. The van der Waals surface area contributed by atoms with Gasteiger partial charge >= 0.3 is 0 Å². The monoisotopic (exact) mass is 254 g/mol. The van der Waals surface area contributed by atoms with Gasteiger partial charge in [-0.15, -0.1) is 0 Å². The van der Waals surface area contributed by atoms with Crippen LogP contribution in [0.3, 0.4) is 0 Å². The average Bonchev–Trinajstić information content (AvgIpc) is 2.32. The molecule has 3 N–H and O–H groups in total. The van der Waals surface area contributed by atoms with Crippen molar-refractivity contribution in [3.05, 3.63) is 0 Å². The summed E-state index contributed by atoms with van der Waals surface area (Å²) >= 11 is 0. The van der Waals surface area contributed by atoms with Crippen LogP contribution in [0.2, 0.25) is 0 Å². The van der Waals surface area contributed by atoms with E-state index in [-0.39, 0.29) is 23.4 Å². The van der Waals surface area contributed by atoms with Crippen LogP contribution in [0, 0.1) is 28.6 Å². The fourth-order valence-corrected chi connectivity index (χ4v) is 5.87. The third kappa shape index (κ3) is 1.13. The topological polar surface area (TPSA) is 60.7 Å². The Bertz CT molecular complexity index is 367. The van der Waals surface area contributed by atoms with Crippen LogP contribution in [0.1, 0.15) is 46.5 Å². The minimum absolute atomic E-state index is 0.139. The molecule has 4 bridgehead atoms. The fourth-order valence-electron chi connectivity index (χ4n) is 5.87. The van der Waals surface area contributed by atoms with Crippen molar-refractivity contribution in [2.24, 2.45) is 28.6 Å². The van der Waals surface area contributed by atoms with Crippen molar-refractivity contribution in [3.63, 3.8) is 0 Å². The average molecular weight is 254 g/mol. The molecule has 104 valence electrons. The van der Waals surface area contributed by atoms with E-state index < -0.39 is 11.7 Å². The van der Waals surface area contributed by atoms with Crippen molar-refractivity contribution in [1.29, 1.82) is 0 Å². The Morgan fingerprint density at radius 3 is 2.44 bits per heavy atom. The lowest BCUT2D eigenvalue weighted by atomic mass is 9.35. The second-order valence-electron chi connectivity index (χ2n) is 7.68. The van der Waals surface area contributed by atoms with Gasteiger partial charge in [-0.2, -0.15) is 0 Å². The van der Waals surface area contributed by atoms with Crippen LogP contribution in [-0.2, 0) is 0 Å². The minimum Gasteiger partial charge on any atom is -0.396 e. The molecule has 0 radical (unpaired) electrons. The standard InChI is InChI=1S/C15H26O3/c1-13(2)10-4-5-14(3)11(7-10)9(8-16)6-12(17)15(13,14)18/h9-12,16-18H,4-8H2,1-3H3/t9-,10-,11?,12-,14+,15-/m1/s1. The van der Waals surface area contributed by atoms with Gasteiger partial charge in [-0.25, -0.2) is 0 Å². The normalized spacial score (nSPS) is 57.7. The van der Waals surface area contributed by atoms with E-state index in [0.29, 0.717) is 18.3 Å². The number of hydrogen-bond donors (Lipinski definition) is 3. The fraction of sp³-hybridized carbons (Fsp3) is 1.00. The Morgan fingerprint density at radius 1 is 1.17 bits per heavy atom. The summed E-state index contributed by atoms with van der Waals surface area (Å²) in [6.07, 6.45) is 3.07. The molecule has 0 heterocycles. The molecular weight excluding hydrogens is 228 g/mol. The number of aliphatic hydroxyl groups is 3. The lowest BCUT2D eigenvalue weighted by molar-refractivity contribution is -0.330. The van der Waals surface area contributed by atoms with Gasteiger partial charge in [0.15, 0.2) is 0 Å². The molecule has 0 spiro atoms. The van der Waals surface area contributed by atoms with E-state index in [1.165, 1.54) is 0 Å². The first-order valence-electron chi connectivity index (χ1n) is 7.30. The molecule has 4 saturated carbocycles. The summed E-state index contributed by atoms with van der Waals surface area (Å²) in [6.45, 7) is 6.52. The van der Waals surface area contributed by atoms with E-state index in [1.807, 2.05) is 0 Å². The molecule has 4 aliphatic carbocycles. The Hall–Kier alpha value is -0.120. The molecule has 0 aromatic rings. The molecule has 0 saturated heterocycles. The zero-order chi connectivity index (χ0) is 13.3. The second-order valence-corrected chi connectivity index (χ2v) is 7.68. The SMILES string of the molecule is CC1(C)[C@@H]2CC[C@@]3(C)C(C2)[C@@H](CO)C[C@@H](O)[C@@]13O. The van der Waals surface area contributed by atoms with E-state index in [2.05, 4.69) is 20.8 Å². The summed E-state index contributed by atoms with van der Waals surface area (Å²) in [5, 5.41) is 31.5. The highest BCUT2D eigenvalue weighted by atomic mass is 16.3. The second kappa shape index (κ2) is 3.50. The van der Waals surface area contributed by atoms with E-state index in [4.69, 9.17) is 0 Å². The van der Waals surface area contributed by atoms with Gasteiger partial charge in [0, 0.05) is 12.0 Å². The van der Waals surface area contributed by atoms with Crippen LogP contribution in [0.25, 0.3) is 0 Å². The van der Waals surface area contributed by atoms with Crippen molar-refractivity contribution in [2.45, 2.75) is 58.2 Å². The molecule has 1 unspecified atom stereocenters. The van der Waals surface area contributed by atoms with Gasteiger partial charge in [-0.05, 0) is 48.9 Å². The highest BCUT2D eigenvalue weighted by Gasteiger charge is 2.73. The lowest BCUT2D eigenvalue weighted by Crippen LogP contribution is -2.76. The van der Waals surface area contributed by atoms with Crippen molar-refractivity contribution >= 4 is 0 Å². The maximum absolute atomic E-state index is 11.3. The quantitative estimate of drug-likeness (QED) is 0.665. The zero-order valence-electron chi connectivity index (χ0n) is 11.7. The Morgan fingerprint density at radius 2 is 1.83 bits per heavy atom. The summed E-state index contributed by atoms with van der Waals surface area (Å²) in [5.74, 6) is 0.991. The minimum atomic E-state index is -0.989. The molecule has 4 fully saturated rings. The zero-order valence-corrected chi connectivity index (χ0v) is 11.7. The number of hydrogen-bond acceptors (Lipinski definition) is 3. The van der Waals surface area contributed by atoms with E-state index >= 15 is 0 Å². The van der Waals surface area contributed by atoms with E-state index in [0.717, 1.165) is 19.3 Å². The molecule has 3 heteroatoms. The Kier molecular flexibility index (Phi) is 2.51. The van der Waals surface area contributed by atoms with Gasteiger partial charge in [0.25, 0.3) is 0 Å². The number of rotatable bonds is 1. The smallest absolute Gasteiger partial charge is 0.101 e. The molecule has 0 aromatic carbocycles. The Labute approximate surface area is 109 Å². The summed E-state index contributed by atoms with van der Waals surface area (Å²) < 4.78 is 0. The van der Waals surface area contributed by atoms with Crippen LogP contribution in [0.5, 0.6) is 0 Å². The van der Waals surface area contributed by atoms with Crippen LogP contribution < -0.4 is 0 Å². The molecule has 6 atom stereocenters. The molecule has 3 nitrogen and oxygen atoms in total. The summed E-state index contributed by atoms with van der Waals surface area (Å²) in [7, 11) is 0. The third-order valence-electron chi connectivity index (χ3n) is 7.05. The third-order valence-corrected chi connectivity index (χ3v) is 7.05. The predicted octanol–water partition coefficient (Wildman–Crippen LogP) is 1.55. The van der Waals surface area contributed by atoms with Gasteiger partial charge in [0.2, 0.25) is 0 Å². The molecular formula is C15H26O3. The van der Waals surface area contributed by atoms with Crippen LogP contribution >= 0.6 is 0 Å². The van der Waals surface area contributed by atoms with E-state index in [9.17, 15) is 15.3 Å². The number of aliphatic hydroxyl groups excluding tert-OH is 2. The van der Waals surface area contributed by atoms with Crippen LogP contribution in [-0.4, -0.2) is 33.6 Å². The van der Waals surface area contributed by atoms with Crippen molar-refractivity contribution in [1.82, 2.24) is 0 Å². The highest BCUT2D eigenvalue weighted by molar-refractivity contribution is 5.22.